The zero-order chi connectivity index (χ0) is 20.6. The highest BCUT2D eigenvalue weighted by Crippen LogP contribution is 2.22. The van der Waals surface area contributed by atoms with Gasteiger partial charge in [-0.3, -0.25) is 4.79 Å². The van der Waals surface area contributed by atoms with E-state index in [-0.39, 0.29) is 18.4 Å². The lowest BCUT2D eigenvalue weighted by Crippen LogP contribution is -2.31. The first kappa shape index (κ1) is 20.5. The molecule has 1 N–H and O–H groups in total. The normalized spacial score (nSPS) is 11.5. The largest absolute Gasteiger partial charge is 0.486 e. The minimum absolute atomic E-state index is 0.00335. The molecule has 0 aliphatic carbocycles. The molecule has 29 heavy (non-hydrogen) atoms. The molecule has 3 rings (SSSR count). The highest BCUT2D eigenvalue weighted by Gasteiger charge is 2.17. The highest BCUT2D eigenvalue weighted by molar-refractivity contribution is 6.31. The SMILES string of the molecule is CC(NC(=O)COC(=O)c1ccc(COc2ccccc2)o1)c1ccccc1Cl. The zero-order valence-electron chi connectivity index (χ0n) is 15.8. The number of esters is 1. The first-order valence-corrected chi connectivity index (χ1v) is 9.38. The molecule has 1 atom stereocenters. The molecule has 0 spiro atoms. The van der Waals surface area contributed by atoms with Gasteiger partial charge in [-0.05, 0) is 42.8 Å². The van der Waals surface area contributed by atoms with Crippen molar-refractivity contribution < 1.29 is 23.5 Å². The number of hydrogen-bond donors (Lipinski definition) is 1. The Labute approximate surface area is 173 Å². The summed E-state index contributed by atoms with van der Waals surface area (Å²) in [7, 11) is 0. The summed E-state index contributed by atoms with van der Waals surface area (Å²) in [6, 6.07) is 19.2. The number of carbonyl (C=O) groups excluding carboxylic acids is 2. The Morgan fingerprint density at radius 1 is 1.03 bits per heavy atom. The number of halogens is 1. The van der Waals surface area contributed by atoms with E-state index >= 15 is 0 Å². The molecule has 150 valence electrons. The summed E-state index contributed by atoms with van der Waals surface area (Å²) in [6.07, 6.45) is 0. The number of nitrogens with one attached hydrogen (secondary N) is 1. The number of furan rings is 1. The topological polar surface area (TPSA) is 77.8 Å². The third kappa shape index (κ3) is 5.86. The van der Waals surface area contributed by atoms with Gasteiger partial charge in [0.05, 0.1) is 6.04 Å². The van der Waals surface area contributed by atoms with Gasteiger partial charge in [0, 0.05) is 5.02 Å². The lowest BCUT2D eigenvalue weighted by molar-refractivity contribution is -0.124. The molecule has 0 saturated heterocycles. The predicted octanol–water partition coefficient (Wildman–Crippen LogP) is 4.55. The van der Waals surface area contributed by atoms with Crippen molar-refractivity contribution in [2.45, 2.75) is 19.6 Å². The summed E-state index contributed by atoms with van der Waals surface area (Å²) in [5.74, 6) is 0.0000140. The Morgan fingerprint density at radius 3 is 2.52 bits per heavy atom. The summed E-state index contributed by atoms with van der Waals surface area (Å²) in [4.78, 5) is 24.1. The summed E-state index contributed by atoms with van der Waals surface area (Å²) >= 11 is 6.12. The van der Waals surface area contributed by atoms with Gasteiger partial charge in [-0.1, -0.05) is 48.0 Å². The number of para-hydroxylation sites is 1. The first-order valence-electron chi connectivity index (χ1n) is 9.00. The molecule has 7 heteroatoms. The smallest absolute Gasteiger partial charge is 0.374 e. The van der Waals surface area contributed by atoms with Crippen molar-refractivity contribution >= 4 is 23.5 Å². The van der Waals surface area contributed by atoms with Gasteiger partial charge >= 0.3 is 5.97 Å². The van der Waals surface area contributed by atoms with Gasteiger partial charge < -0.3 is 19.2 Å². The van der Waals surface area contributed by atoms with Crippen molar-refractivity contribution in [3.63, 3.8) is 0 Å². The van der Waals surface area contributed by atoms with Crippen molar-refractivity contribution in [3.05, 3.63) is 88.8 Å². The van der Waals surface area contributed by atoms with E-state index in [4.69, 9.17) is 25.5 Å². The Bertz CT molecular complexity index is 970. The van der Waals surface area contributed by atoms with Crippen LogP contribution in [0.1, 0.15) is 34.8 Å². The number of amides is 1. The summed E-state index contributed by atoms with van der Waals surface area (Å²) in [5, 5.41) is 3.29. The average Bonchev–Trinajstić information content (AvgIpc) is 3.21. The Balaban J connectivity index is 1.46. The van der Waals surface area contributed by atoms with Crippen molar-refractivity contribution in [3.8, 4) is 5.75 Å². The van der Waals surface area contributed by atoms with Gasteiger partial charge in [0.25, 0.3) is 5.91 Å². The fourth-order valence-electron chi connectivity index (χ4n) is 2.63. The van der Waals surface area contributed by atoms with Crippen LogP contribution in [0.2, 0.25) is 5.02 Å². The van der Waals surface area contributed by atoms with Crippen molar-refractivity contribution in [1.82, 2.24) is 5.32 Å². The van der Waals surface area contributed by atoms with Gasteiger partial charge in [-0.25, -0.2) is 4.79 Å². The van der Waals surface area contributed by atoms with E-state index in [9.17, 15) is 9.59 Å². The third-order valence-corrected chi connectivity index (χ3v) is 4.41. The van der Waals surface area contributed by atoms with Crippen LogP contribution in [0.25, 0.3) is 0 Å². The highest BCUT2D eigenvalue weighted by atomic mass is 35.5. The molecule has 0 aliphatic heterocycles. The van der Waals surface area contributed by atoms with E-state index in [1.54, 1.807) is 19.1 Å². The Morgan fingerprint density at radius 2 is 1.76 bits per heavy atom. The number of benzene rings is 2. The number of carbonyl (C=O) groups is 2. The van der Waals surface area contributed by atoms with E-state index in [1.807, 2.05) is 48.5 Å². The molecule has 3 aromatic rings. The standard InChI is InChI=1S/C22H20ClNO5/c1-15(18-9-5-6-10-19(18)23)24-21(25)14-28-22(26)20-12-11-17(29-20)13-27-16-7-3-2-4-8-16/h2-12,15H,13-14H2,1H3,(H,24,25). The van der Waals surface area contributed by atoms with Crippen LogP contribution in [0.3, 0.4) is 0 Å². The molecule has 0 saturated carbocycles. The molecule has 2 aromatic carbocycles. The fraction of sp³-hybridized carbons (Fsp3) is 0.182. The van der Waals surface area contributed by atoms with Gasteiger partial charge in [0.15, 0.2) is 6.61 Å². The number of hydrogen-bond acceptors (Lipinski definition) is 5. The van der Waals surface area contributed by atoms with E-state index < -0.39 is 18.5 Å². The predicted molar refractivity (Wildman–Crippen MR) is 108 cm³/mol. The van der Waals surface area contributed by atoms with Crippen LogP contribution in [-0.2, 0) is 16.1 Å². The van der Waals surface area contributed by atoms with Gasteiger partial charge in [-0.15, -0.1) is 0 Å². The summed E-state index contributed by atoms with van der Waals surface area (Å²) in [5.41, 5.74) is 0.780. The molecule has 1 heterocycles. The molecule has 0 aliphatic rings. The molecule has 0 radical (unpaired) electrons. The van der Waals surface area contributed by atoms with Crippen LogP contribution in [0.5, 0.6) is 5.75 Å². The Hall–Kier alpha value is -3.25. The van der Waals surface area contributed by atoms with Crippen LogP contribution < -0.4 is 10.1 Å². The summed E-state index contributed by atoms with van der Waals surface area (Å²) in [6.45, 7) is 1.55. The van der Waals surface area contributed by atoms with Crippen LogP contribution in [-0.4, -0.2) is 18.5 Å². The monoisotopic (exact) mass is 413 g/mol. The van der Waals surface area contributed by atoms with Crippen LogP contribution in [0, 0.1) is 0 Å². The van der Waals surface area contributed by atoms with Crippen molar-refractivity contribution in [2.75, 3.05) is 6.61 Å². The minimum atomic E-state index is -0.725. The molecule has 0 bridgehead atoms. The van der Waals surface area contributed by atoms with Crippen molar-refractivity contribution in [2.24, 2.45) is 0 Å². The second-order valence-corrected chi connectivity index (χ2v) is 6.66. The van der Waals surface area contributed by atoms with Gasteiger partial charge in [0.1, 0.15) is 18.1 Å². The van der Waals surface area contributed by atoms with E-state index in [0.717, 1.165) is 5.56 Å². The van der Waals surface area contributed by atoms with Crippen LogP contribution in [0.4, 0.5) is 0 Å². The van der Waals surface area contributed by atoms with Crippen molar-refractivity contribution in [1.29, 1.82) is 0 Å². The molecular formula is C22H20ClNO5. The quantitative estimate of drug-likeness (QED) is 0.548. The molecule has 1 unspecified atom stereocenters. The van der Waals surface area contributed by atoms with Gasteiger partial charge in [-0.2, -0.15) is 0 Å². The maximum absolute atomic E-state index is 12.1. The molecular weight excluding hydrogens is 394 g/mol. The molecule has 0 fully saturated rings. The number of rotatable bonds is 8. The fourth-order valence-corrected chi connectivity index (χ4v) is 2.93. The zero-order valence-corrected chi connectivity index (χ0v) is 16.5. The second-order valence-electron chi connectivity index (χ2n) is 6.25. The lowest BCUT2D eigenvalue weighted by atomic mass is 10.1. The maximum Gasteiger partial charge on any atom is 0.374 e. The van der Waals surface area contributed by atoms with Crippen LogP contribution >= 0.6 is 11.6 Å². The maximum atomic E-state index is 12.1. The average molecular weight is 414 g/mol. The minimum Gasteiger partial charge on any atom is -0.486 e. The molecule has 1 aromatic heterocycles. The van der Waals surface area contributed by atoms with E-state index in [0.29, 0.717) is 16.5 Å². The second kappa shape index (κ2) is 9.80. The molecule has 6 nitrogen and oxygen atoms in total. The summed E-state index contributed by atoms with van der Waals surface area (Å²) < 4.78 is 16.0. The third-order valence-electron chi connectivity index (χ3n) is 4.07. The van der Waals surface area contributed by atoms with E-state index in [1.165, 1.54) is 6.07 Å². The lowest BCUT2D eigenvalue weighted by Gasteiger charge is -2.15. The number of ether oxygens (including phenoxy) is 2. The molecule has 1 amide bonds. The first-order chi connectivity index (χ1) is 14.0. The Kier molecular flexibility index (Phi) is 6.92. The van der Waals surface area contributed by atoms with E-state index in [2.05, 4.69) is 5.32 Å². The van der Waals surface area contributed by atoms with Crippen LogP contribution in [0.15, 0.2) is 71.1 Å². The van der Waals surface area contributed by atoms with Gasteiger partial charge in [0.2, 0.25) is 5.76 Å².